The van der Waals surface area contributed by atoms with Gasteiger partial charge < -0.3 is 19.5 Å². The van der Waals surface area contributed by atoms with Crippen LogP contribution in [0.4, 0.5) is 16.2 Å². The van der Waals surface area contributed by atoms with Crippen molar-refractivity contribution < 1.29 is 19.0 Å². The summed E-state index contributed by atoms with van der Waals surface area (Å²) in [4.78, 5) is 25.1. The van der Waals surface area contributed by atoms with Crippen molar-refractivity contribution >= 4 is 17.4 Å². The summed E-state index contributed by atoms with van der Waals surface area (Å²) >= 11 is 0. The highest BCUT2D eigenvalue weighted by atomic mass is 16.6. The van der Waals surface area contributed by atoms with Crippen LogP contribution in [-0.2, 0) is 6.42 Å². The number of likely N-dealkylation sites (tertiary alicyclic amines) is 1. The summed E-state index contributed by atoms with van der Waals surface area (Å²) in [7, 11) is 1.40. The van der Waals surface area contributed by atoms with Crippen molar-refractivity contribution in [2.75, 3.05) is 19.0 Å². The lowest BCUT2D eigenvalue weighted by Gasteiger charge is -2.25. The van der Waals surface area contributed by atoms with E-state index < -0.39 is 4.92 Å². The molecule has 0 bridgehead atoms. The third kappa shape index (κ3) is 3.57. The maximum atomic E-state index is 12.9. The first-order valence-corrected chi connectivity index (χ1v) is 8.81. The summed E-state index contributed by atoms with van der Waals surface area (Å²) in [6.07, 6.45) is 2.42. The number of ether oxygens (including phenoxy) is 1. The van der Waals surface area contributed by atoms with E-state index in [1.165, 1.54) is 25.3 Å². The number of methoxy groups -OCH3 is 1. The largest absolute Gasteiger partial charge is 0.494 e. The van der Waals surface area contributed by atoms with E-state index >= 15 is 0 Å². The quantitative estimate of drug-likeness (QED) is 0.629. The standard InChI is InChI=1S/C18H22N4O5/c1-4-15-17(11(2)20-27-15)14-6-5-9-21(14)18(23)19-13-8-7-12(22(24)25)10-16(13)26-3/h7-8,10,14H,4-6,9H2,1-3H3,(H,19,23)/t14-/m1/s1. The van der Waals surface area contributed by atoms with Gasteiger partial charge in [0.25, 0.3) is 5.69 Å². The number of nitro groups is 1. The van der Waals surface area contributed by atoms with Gasteiger partial charge in [0.1, 0.15) is 11.5 Å². The van der Waals surface area contributed by atoms with Gasteiger partial charge in [0, 0.05) is 24.6 Å². The molecule has 1 atom stereocenters. The van der Waals surface area contributed by atoms with E-state index in [1.807, 2.05) is 13.8 Å². The van der Waals surface area contributed by atoms with Crippen LogP contribution in [0, 0.1) is 17.0 Å². The van der Waals surface area contributed by atoms with Crippen molar-refractivity contribution in [3.05, 3.63) is 45.3 Å². The Balaban J connectivity index is 1.83. The number of non-ortho nitro benzene ring substituents is 1. The van der Waals surface area contributed by atoms with Gasteiger partial charge in [0.2, 0.25) is 0 Å². The lowest BCUT2D eigenvalue weighted by atomic mass is 10.0. The Morgan fingerprint density at radius 1 is 1.52 bits per heavy atom. The van der Waals surface area contributed by atoms with Gasteiger partial charge in [-0.1, -0.05) is 12.1 Å². The zero-order valence-electron chi connectivity index (χ0n) is 15.5. The van der Waals surface area contributed by atoms with Crippen LogP contribution >= 0.6 is 0 Å². The van der Waals surface area contributed by atoms with Crippen LogP contribution in [0.1, 0.15) is 42.8 Å². The molecule has 0 spiro atoms. The second kappa shape index (κ2) is 7.65. The van der Waals surface area contributed by atoms with Crippen LogP contribution in [0.3, 0.4) is 0 Å². The Labute approximate surface area is 156 Å². The lowest BCUT2D eigenvalue weighted by Crippen LogP contribution is -2.35. The van der Waals surface area contributed by atoms with E-state index in [4.69, 9.17) is 9.26 Å². The normalized spacial score (nSPS) is 16.4. The maximum Gasteiger partial charge on any atom is 0.322 e. The fraction of sp³-hybridized carbons (Fsp3) is 0.444. The number of benzene rings is 1. The molecule has 144 valence electrons. The highest BCUT2D eigenvalue weighted by Crippen LogP contribution is 2.37. The number of aryl methyl sites for hydroxylation is 2. The number of urea groups is 1. The minimum absolute atomic E-state index is 0.100. The van der Waals surface area contributed by atoms with Crippen LogP contribution in [0.2, 0.25) is 0 Å². The van der Waals surface area contributed by atoms with E-state index in [-0.39, 0.29) is 23.5 Å². The van der Waals surface area contributed by atoms with E-state index in [9.17, 15) is 14.9 Å². The molecule has 1 saturated heterocycles. The average molecular weight is 374 g/mol. The maximum absolute atomic E-state index is 12.9. The summed E-state index contributed by atoms with van der Waals surface area (Å²) in [5, 5.41) is 17.8. The smallest absolute Gasteiger partial charge is 0.322 e. The molecule has 2 aromatic rings. The summed E-state index contributed by atoms with van der Waals surface area (Å²) in [6.45, 7) is 4.48. The summed E-state index contributed by atoms with van der Waals surface area (Å²) in [5.41, 5.74) is 2.05. The van der Waals surface area contributed by atoms with Crippen molar-refractivity contribution in [2.24, 2.45) is 0 Å². The Hall–Kier alpha value is -3.10. The molecule has 1 fully saturated rings. The molecule has 27 heavy (non-hydrogen) atoms. The van der Waals surface area contributed by atoms with Crippen molar-refractivity contribution in [2.45, 2.75) is 39.2 Å². The van der Waals surface area contributed by atoms with Crippen LogP contribution in [0.25, 0.3) is 0 Å². The number of nitrogens with zero attached hydrogens (tertiary/aromatic N) is 3. The topological polar surface area (TPSA) is 111 Å². The Bertz CT molecular complexity index is 863. The molecule has 0 aliphatic carbocycles. The highest BCUT2D eigenvalue weighted by Gasteiger charge is 2.34. The molecule has 1 aliphatic rings. The number of anilines is 1. The van der Waals surface area contributed by atoms with Crippen molar-refractivity contribution in [3.63, 3.8) is 0 Å². The highest BCUT2D eigenvalue weighted by molar-refractivity contribution is 5.91. The lowest BCUT2D eigenvalue weighted by molar-refractivity contribution is -0.384. The molecule has 3 rings (SSSR count). The molecule has 2 amide bonds. The number of hydrogen-bond acceptors (Lipinski definition) is 6. The van der Waals surface area contributed by atoms with Gasteiger partial charge in [-0.2, -0.15) is 0 Å². The molecular weight excluding hydrogens is 352 g/mol. The molecule has 9 heteroatoms. The number of nitro benzene ring substituents is 1. The van der Waals surface area contributed by atoms with Crippen molar-refractivity contribution in [1.82, 2.24) is 10.1 Å². The number of carbonyl (C=O) groups excluding carboxylic acids is 1. The molecule has 2 heterocycles. The van der Waals surface area contributed by atoms with Gasteiger partial charge in [0.15, 0.2) is 0 Å². The van der Waals surface area contributed by atoms with Gasteiger partial charge >= 0.3 is 6.03 Å². The minimum atomic E-state index is -0.508. The molecule has 1 aromatic heterocycles. The van der Waals surface area contributed by atoms with Gasteiger partial charge in [-0.15, -0.1) is 0 Å². The van der Waals surface area contributed by atoms with Gasteiger partial charge in [-0.05, 0) is 25.8 Å². The van der Waals surface area contributed by atoms with Crippen LogP contribution in [-0.4, -0.2) is 34.7 Å². The number of aromatic nitrogens is 1. The molecule has 0 saturated carbocycles. The first-order valence-electron chi connectivity index (χ1n) is 8.81. The summed E-state index contributed by atoms with van der Waals surface area (Å²) < 4.78 is 10.6. The molecule has 1 aliphatic heterocycles. The third-order valence-electron chi connectivity index (χ3n) is 4.79. The van der Waals surface area contributed by atoms with Gasteiger partial charge in [-0.25, -0.2) is 4.79 Å². The number of amides is 2. The van der Waals surface area contributed by atoms with E-state index in [0.717, 1.165) is 29.9 Å². The minimum Gasteiger partial charge on any atom is -0.494 e. The van der Waals surface area contributed by atoms with Crippen LogP contribution in [0.15, 0.2) is 22.7 Å². The summed E-state index contributed by atoms with van der Waals surface area (Å²) in [6, 6.07) is 3.71. The summed E-state index contributed by atoms with van der Waals surface area (Å²) in [5.74, 6) is 1.04. The molecule has 1 N–H and O–H groups in total. The number of rotatable bonds is 5. The Morgan fingerprint density at radius 3 is 2.96 bits per heavy atom. The second-order valence-electron chi connectivity index (χ2n) is 6.38. The Morgan fingerprint density at radius 2 is 2.30 bits per heavy atom. The van der Waals surface area contributed by atoms with Gasteiger partial charge in [-0.3, -0.25) is 10.1 Å². The molecule has 0 radical (unpaired) electrons. The van der Waals surface area contributed by atoms with Crippen molar-refractivity contribution in [3.8, 4) is 5.75 Å². The molecule has 9 nitrogen and oxygen atoms in total. The average Bonchev–Trinajstić information content (AvgIpc) is 3.27. The fourth-order valence-electron chi connectivity index (χ4n) is 3.50. The SMILES string of the molecule is CCc1onc(C)c1[C@H]1CCCN1C(=O)Nc1ccc([N+](=O)[O-])cc1OC. The first-order chi connectivity index (χ1) is 13.0. The zero-order chi connectivity index (χ0) is 19.6. The van der Waals surface area contributed by atoms with Crippen LogP contribution in [0.5, 0.6) is 5.75 Å². The van der Waals surface area contributed by atoms with E-state index in [2.05, 4.69) is 10.5 Å². The van der Waals surface area contributed by atoms with E-state index in [1.54, 1.807) is 4.90 Å². The first kappa shape index (κ1) is 18.7. The predicted molar refractivity (Wildman–Crippen MR) is 98.0 cm³/mol. The molecule has 1 aromatic carbocycles. The van der Waals surface area contributed by atoms with Crippen LogP contribution < -0.4 is 10.1 Å². The number of hydrogen-bond donors (Lipinski definition) is 1. The Kier molecular flexibility index (Phi) is 5.29. The number of nitrogens with one attached hydrogen (secondary N) is 1. The third-order valence-corrected chi connectivity index (χ3v) is 4.79. The van der Waals surface area contributed by atoms with E-state index in [0.29, 0.717) is 18.7 Å². The second-order valence-corrected chi connectivity index (χ2v) is 6.38. The fourth-order valence-corrected chi connectivity index (χ4v) is 3.50. The van der Waals surface area contributed by atoms with Gasteiger partial charge in [0.05, 0.1) is 35.5 Å². The molecular formula is C18H22N4O5. The van der Waals surface area contributed by atoms with Crippen molar-refractivity contribution in [1.29, 1.82) is 0 Å². The predicted octanol–water partition coefficient (Wildman–Crippen LogP) is 3.83. The zero-order valence-corrected chi connectivity index (χ0v) is 15.5. The molecule has 0 unspecified atom stereocenters. The monoisotopic (exact) mass is 374 g/mol. The number of carbonyl (C=O) groups is 1.